The number of aromatic nitrogens is 2. The van der Waals surface area contributed by atoms with Crippen LogP contribution in [0.3, 0.4) is 0 Å². The van der Waals surface area contributed by atoms with Gasteiger partial charge in [-0.05, 0) is 30.3 Å². The van der Waals surface area contributed by atoms with Crippen LogP contribution < -0.4 is 10.2 Å². The minimum Gasteiger partial charge on any atom is -0.396 e. The van der Waals surface area contributed by atoms with Crippen molar-refractivity contribution in [2.45, 2.75) is 6.04 Å². The summed E-state index contributed by atoms with van der Waals surface area (Å²) in [7, 11) is 0. The van der Waals surface area contributed by atoms with Gasteiger partial charge < -0.3 is 15.3 Å². The zero-order chi connectivity index (χ0) is 16.2. The van der Waals surface area contributed by atoms with Gasteiger partial charge in [0.1, 0.15) is 18.0 Å². The molecule has 1 amide bonds. The van der Waals surface area contributed by atoms with Gasteiger partial charge >= 0.3 is 0 Å². The van der Waals surface area contributed by atoms with E-state index in [9.17, 15) is 14.3 Å². The monoisotopic (exact) mass is 316 g/mol. The summed E-state index contributed by atoms with van der Waals surface area (Å²) in [5.41, 5.74) is 0.392. The molecule has 1 saturated heterocycles. The molecular formula is C16H17FN4O2. The molecule has 120 valence electrons. The van der Waals surface area contributed by atoms with Crippen molar-refractivity contribution in [3.63, 3.8) is 0 Å². The van der Waals surface area contributed by atoms with Gasteiger partial charge in [-0.25, -0.2) is 14.4 Å². The van der Waals surface area contributed by atoms with Crippen LogP contribution in [0.15, 0.2) is 42.9 Å². The maximum atomic E-state index is 12.9. The number of hydrogen-bond acceptors (Lipinski definition) is 5. The van der Waals surface area contributed by atoms with E-state index in [0.29, 0.717) is 18.7 Å². The molecule has 1 aromatic carbocycles. The largest absolute Gasteiger partial charge is 0.396 e. The third-order valence-corrected chi connectivity index (χ3v) is 3.99. The van der Waals surface area contributed by atoms with E-state index in [4.69, 9.17) is 0 Å². The Bertz CT molecular complexity index is 666. The predicted molar refractivity (Wildman–Crippen MR) is 82.5 cm³/mol. The first-order valence-corrected chi connectivity index (χ1v) is 7.35. The van der Waals surface area contributed by atoms with Gasteiger partial charge in [-0.1, -0.05) is 0 Å². The van der Waals surface area contributed by atoms with Crippen molar-refractivity contribution < 1.29 is 14.3 Å². The van der Waals surface area contributed by atoms with Crippen molar-refractivity contribution in [3.8, 4) is 0 Å². The Morgan fingerprint density at radius 1 is 1.30 bits per heavy atom. The summed E-state index contributed by atoms with van der Waals surface area (Å²) < 4.78 is 12.9. The fraction of sp³-hybridized carbons (Fsp3) is 0.312. The molecule has 7 heteroatoms. The Kier molecular flexibility index (Phi) is 4.47. The average Bonchev–Trinajstić information content (AvgIpc) is 2.99. The van der Waals surface area contributed by atoms with Crippen LogP contribution in [0.4, 0.5) is 10.2 Å². The molecule has 0 radical (unpaired) electrons. The van der Waals surface area contributed by atoms with Gasteiger partial charge in [-0.3, -0.25) is 4.79 Å². The Balaban J connectivity index is 1.69. The molecule has 1 fully saturated rings. The number of carbonyl (C=O) groups excluding carboxylic acids is 1. The van der Waals surface area contributed by atoms with Gasteiger partial charge in [-0.15, -0.1) is 0 Å². The Labute approximate surface area is 133 Å². The normalized spacial score (nSPS) is 20.5. The Hall–Kier alpha value is -2.54. The van der Waals surface area contributed by atoms with Crippen LogP contribution in [0, 0.1) is 11.7 Å². The number of halogens is 1. The maximum Gasteiger partial charge on any atom is 0.251 e. The third-order valence-electron chi connectivity index (χ3n) is 3.99. The van der Waals surface area contributed by atoms with Crippen LogP contribution in [0.2, 0.25) is 0 Å². The van der Waals surface area contributed by atoms with Gasteiger partial charge in [-0.2, -0.15) is 0 Å². The van der Waals surface area contributed by atoms with Crippen molar-refractivity contribution in [1.29, 1.82) is 0 Å². The lowest BCUT2D eigenvalue weighted by Gasteiger charge is -2.18. The van der Waals surface area contributed by atoms with Crippen LogP contribution in [0.25, 0.3) is 0 Å². The van der Waals surface area contributed by atoms with Crippen LogP contribution in [-0.4, -0.2) is 46.7 Å². The Morgan fingerprint density at radius 2 is 2.09 bits per heavy atom. The second-order valence-electron chi connectivity index (χ2n) is 5.50. The number of rotatable bonds is 4. The smallest absolute Gasteiger partial charge is 0.251 e. The third kappa shape index (κ3) is 3.45. The van der Waals surface area contributed by atoms with E-state index in [1.165, 1.54) is 30.6 Å². The first-order chi connectivity index (χ1) is 11.2. The van der Waals surface area contributed by atoms with Gasteiger partial charge in [0.25, 0.3) is 5.91 Å². The predicted octanol–water partition coefficient (Wildman–Crippen LogP) is 0.843. The fourth-order valence-corrected chi connectivity index (χ4v) is 2.73. The number of carbonyl (C=O) groups is 1. The van der Waals surface area contributed by atoms with Gasteiger partial charge in [0, 0.05) is 37.4 Å². The number of hydrogen-bond donors (Lipinski definition) is 2. The molecule has 0 spiro atoms. The zero-order valence-electron chi connectivity index (χ0n) is 12.4. The number of benzene rings is 1. The molecule has 1 aromatic heterocycles. The number of aliphatic hydroxyl groups excluding tert-OH is 1. The number of aliphatic hydroxyl groups is 1. The van der Waals surface area contributed by atoms with E-state index in [1.54, 1.807) is 12.3 Å². The summed E-state index contributed by atoms with van der Waals surface area (Å²) in [5.74, 6) is 0.00919. The summed E-state index contributed by atoms with van der Waals surface area (Å²) in [6, 6.07) is 6.97. The van der Waals surface area contributed by atoms with E-state index >= 15 is 0 Å². The maximum absolute atomic E-state index is 12.9. The zero-order valence-corrected chi connectivity index (χ0v) is 12.4. The van der Waals surface area contributed by atoms with Gasteiger partial charge in [0.2, 0.25) is 0 Å². The van der Waals surface area contributed by atoms with Crippen molar-refractivity contribution in [2.24, 2.45) is 5.92 Å². The van der Waals surface area contributed by atoms with Gasteiger partial charge in [0.15, 0.2) is 0 Å². The van der Waals surface area contributed by atoms with Crippen molar-refractivity contribution in [2.75, 3.05) is 24.6 Å². The summed E-state index contributed by atoms with van der Waals surface area (Å²) in [4.78, 5) is 22.3. The first kappa shape index (κ1) is 15.4. The van der Waals surface area contributed by atoms with Gasteiger partial charge in [0.05, 0.1) is 6.04 Å². The highest BCUT2D eigenvalue weighted by Crippen LogP contribution is 2.22. The highest BCUT2D eigenvalue weighted by molar-refractivity contribution is 5.94. The van der Waals surface area contributed by atoms with E-state index in [0.717, 1.165) is 5.82 Å². The average molecular weight is 316 g/mol. The van der Waals surface area contributed by atoms with E-state index in [2.05, 4.69) is 15.3 Å². The lowest BCUT2D eigenvalue weighted by molar-refractivity contribution is 0.0921. The second-order valence-corrected chi connectivity index (χ2v) is 5.50. The van der Waals surface area contributed by atoms with E-state index in [-0.39, 0.29) is 30.3 Å². The van der Waals surface area contributed by atoms with Crippen LogP contribution in [0.1, 0.15) is 10.4 Å². The number of nitrogens with zero attached hydrogens (tertiary/aromatic N) is 3. The van der Waals surface area contributed by atoms with Crippen LogP contribution in [-0.2, 0) is 0 Å². The molecule has 1 aliphatic rings. The van der Waals surface area contributed by atoms with Crippen LogP contribution in [0.5, 0.6) is 0 Å². The SMILES string of the molecule is O=C(NC1CN(c2ccncn2)CC1CO)c1ccc(F)cc1. The highest BCUT2D eigenvalue weighted by Gasteiger charge is 2.34. The minimum absolute atomic E-state index is 0.0318. The molecule has 0 bridgehead atoms. The quantitative estimate of drug-likeness (QED) is 0.874. The summed E-state index contributed by atoms with van der Waals surface area (Å²) >= 11 is 0. The summed E-state index contributed by atoms with van der Waals surface area (Å²) in [5, 5.41) is 12.5. The number of anilines is 1. The first-order valence-electron chi connectivity index (χ1n) is 7.35. The minimum atomic E-state index is -0.384. The van der Waals surface area contributed by atoms with Crippen molar-refractivity contribution in [3.05, 3.63) is 54.2 Å². The lowest BCUT2D eigenvalue weighted by Crippen LogP contribution is -2.41. The molecule has 3 rings (SSSR count). The molecule has 2 aromatic rings. The van der Waals surface area contributed by atoms with Crippen molar-refractivity contribution in [1.82, 2.24) is 15.3 Å². The molecule has 2 N–H and O–H groups in total. The summed E-state index contributed by atoms with van der Waals surface area (Å²) in [6.07, 6.45) is 3.12. The molecule has 2 heterocycles. The topological polar surface area (TPSA) is 78.4 Å². The number of nitrogens with one attached hydrogen (secondary N) is 1. The van der Waals surface area contributed by atoms with E-state index < -0.39 is 0 Å². The molecule has 2 unspecified atom stereocenters. The summed E-state index contributed by atoms with van der Waals surface area (Å²) in [6.45, 7) is 1.12. The molecule has 1 aliphatic heterocycles. The van der Waals surface area contributed by atoms with E-state index in [1.807, 2.05) is 4.90 Å². The van der Waals surface area contributed by atoms with Crippen LogP contribution >= 0.6 is 0 Å². The highest BCUT2D eigenvalue weighted by atomic mass is 19.1. The molecule has 2 atom stereocenters. The lowest BCUT2D eigenvalue weighted by atomic mass is 10.0. The number of amides is 1. The molecule has 23 heavy (non-hydrogen) atoms. The molecule has 0 saturated carbocycles. The second kappa shape index (κ2) is 6.70. The molecular weight excluding hydrogens is 299 g/mol. The van der Waals surface area contributed by atoms with Crippen molar-refractivity contribution >= 4 is 11.7 Å². The standard InChI is InChI=1S/C16H17FN4O2/c17-13-3-1-11(2-4-13)16(23)20-14-8-21(7-12(14)9-22)15-5-6-18-10-19-15/h1-6,10,12,14,22H,7-9H2,(H,20,23). The Morgan fingerprint density at radius 3 is 2.74 bits per heavy atom. The molecule has 6 nitrogen and oxygen atoms in total. The fourth-order valence-electron chi connectivity index (χ4n) is 2.73. The molecule has 0 aliphatic carbocycles.